The van der Waals surface area contributed by atoms with Gasteiger partial charge in [0.15, 0.2) is 0 Å². The largest absolute Gasteiger partial charge is 0.255 e. The summed E-state index contributed by atoms with van der Waals surface area (Å²) in [6, 6.07) is 5.22. The lowest BCUT2D eigenvalue weighted by Crippen LogP contribution is -2.38. The Hall–Kier alpha value is -1.40. The first-order valence-corrected chi connectivity index (χ1v) is 8.39. The summed E-state index contributed by atoms with van der Waals surface area (Å²) in [6.45, 7) is 1.73. The topological polar surface area (TPSA) is 52.0 Å². The third-order valence-corrected chi connectivity index (χ3v) is 6.31. The average Bonchev–Trinajstić information content (AvgIpc) is 2.82. The molecule has 0 radical (unpaired) electrons. The first-order chi connectivity index (χ1) is 9.44. The maximum atomic E-state index is 13.0. The quantitative estimate of drug-likeness (QED) is 0.833. The Morgan fingerprint density at radius 3 is 2.95 bits per heavy atom. The van der Waals surface area contributed by atoms with Gasteiger partial charge in [-0.25, -0.2) is 12.4 Å². The van der Waals surface area contributed by atoms with Gasteiger partial charge in [0.1, 0.15) is 4.75 Å². The van der Waals surface area contributed by atoms with Crippen LogP contribution in [0.4, 0.5) is 0 Å². The second kappa shape index (κ2) is 4.56. The predicted octanol–water partition coefficient (Wildman–Crippen LogP) is 3.21. The molecule has 2 aromatic rings. The van der Waals surface area contributed by atoms with Crippen molar-refractivity contribution in [2.75, 3.05) is 0 Å². The second-order valence-electron chi connectivity index (χ2n) is 4.97. The van der Waals surface area contributed by atoms with Gasteiger partial charge in [-0.15, -0.1) is 0 Å². The number of hydrogen-bond donors (Lipinski definition) is 0. The van der Waals surface area contributed by atoms with Gasteiger partial charge < -0.3 is 0 Å². The molecule has 1 atom stereocenters. The number of aromatic nitrogens is 2. The third-order valence-electron chi connectivity index (χ3n) is 3.51. The van der Waals surface area contributed by atoms with Crippen molar-refractivity contribution < 1.29 is 8.42 Å². The molecule has 4 nitrogen and oxygen atoms in total. The van der Waals surface area contributed by atoms with E-state index in [0.29, 0.717) is 17.5 Å². The lowest BCUT2D eigenvalue weighted by molar-refractivity contribution is 0.554. The molecule has 0 aromatic carbocycles. The zero-order chi connectivity index (χ0) is 14.4. The maximum Gasteiger partial charge on any atom is 0.248 e. The zero-order valence-electron chi connectivity index (χ0n) is 10.8. The molecule has 20 heavy (non-hydrogen) atoms. The number of pyridine rings is 1. The minimum atomic E-state index is -3.56. The molecule has 0 saturated carbocycles. The summed E-state index contributed by atoms with van der Waals surface area (Å²) in [4.78, 5) is 4.17. The number of fused-ring (bicyclic) bond motifs is 1. The van der Waals surface area contributed by atoms with Crippen LogP contribution in [0.3, 0.4) is 0 Å². The van der Waals surface area contributed by atoms with Gasteiger partial charge in [-0.05, 0) is 37.6 Å². The number of halogens is 1. The van der Waals surface area contributed by atoms with Crippen LogP contribution in [0.2, 0.25) is 0 Å². The van der Waals surface area contributed by atoms with Crippen LogP contribution in [0.25, 0.3) is 11.0 Å². The van der Waals surface area contributed by atoms with Crippen molar-refractivity contribution in [3.05, 3.63) is 53.3 Å². The first kappa shape index (κ1) is 13.6. The Morgan fingerprint density at radius 1 is 1.40 bits per heavy atom. The molecule has 0 bridgehead atoms. The van der Waals surface area contributed by atoms with Crippen LogP contribution in [0.1, 0.15) is 13.3 Å². The van der Waals surface area contributed by atoms with E-state index in [9.17, 15) is 8.42 Å². The molecular formula is C14H13BrN2O2S. The number of allylic oxidation sites excluding steroid dienone is 3. The summed E-state index contributed by atoms with van der Waals surface area (Å²) in [5.41, 5.74) is 1.28. The van der Waals surface area contributed by atoms with Gasteiger partial charge in [0.05, 0.1) is 11.0 Å². The molecule has 1 unspecified atom stereocenters. The lowest BCUT2D eigenvalue weighted by atomic mass is 10.0. The van der Waals surface area contributed by atoms with E-state index in [1.54, 1.807) is 43.6 Å². The summed E-state index contributed by atoms with van der Waals surface area (Å²) in [6.07, 6.45) is 9.15. The van der Waals surface area contributed by atoms with Crippen molar-refractivity contribution in [3.63, 3.8) is 0 Å². The van der Waals surface area contributed by atoms with Crippen molar-refractivity contribution in [2.45, 2.75) is 18.1 Å². The number of nitrogens with zero attached hydrogens (tertiary/aromatic N) is 2. The van der Waals surface area contributed by atoms with E-state index in [1.165, 1.54) is 3.97 Å². The molecule has 2 aromatic heterocycles. The van der Waals surface area contributed by atoms with E-state index in [0.717, 1.165) is 4.48 Å². The van der Waals surface area contributed by atoms with Crippen LogP contribution in [0.5, 0.6) is 0 Å². The highest BCUT2D eigenvalue weighted by atomic mass is 79.9. The van der Waals surface area contributed by atoms with Gasteiger partial charge in [0.25, 0.3) is 0 Å². The van der Waals surface area contributed by atoms with Crippen molar-refractivity contribution in [3.8, 4) is 0 Å². The molecule has 1 aliphatic carbocycles. The molecule has 0 spiro atoms. The van der Waals surface area contributed by atoms with E-state index in [1.807, 2.05) is 12.2 Å². The van der Waals surface area contributed by atoms with Gasteiger partial charge in [-0.3, -0.25) is 4.98 Å². The second-order valence-corrected chi connectivity index (χ2v) is 8.16. The Balaban J connectivity index is 2.20. The molecule has 1 aliphatic rings. The average molecular weight is 353 g/mol. The molecule has 0 amide bonds. The van der Waals surface area contributed by atoms with E-state index < -0.39 is 14.8 Å². The molecule has 0 aliphatic heterocycles. The van der Waals surface area contributed by atoms with Gasteiger partial charge in [-0.1, -0.05) is 28.1 Å². The highest BCUT2D eigenvalue weighted by Crippen LogP contribution is 2.34. The molecular weight excluding hydrogens is 340 g/mol. The molecule has 6 heteroatoms. The smallest absolute Gasteiger partial charge is 0.248 e. The minimum Gasteiger partial charge on any atom is -0.255 e. The summed E-state index contributed by atoms with van der Waals surface area (Å²) in [5.74, 6) is 0. The Kier molecular flexibility index (Phi) is 3.10. The van der Waals surface area contributed by atoms with Gasteiger partial charge in [0, 0.05) is 16.9 Å². The van der Waals surface area contributed by atoms with Gasteiger partial charge in [-0.2, -0.15) is 0 Å². The Morgan fingerprint density at radius 2 is 2.20 bits per heavy atom. The summed E-state index contributed by atoms with van der Waals surface area (Å²) in [5, 5.41) is 0. The monoisotopic (exact) mass is 352 g/mol. The van der Waals surface area contributed by atoms with E-state index in [4.69, 9.17) is 0 Å². The van der Waals surface area contributed by atoms with Gasteiger partial charge >= 0.3 is 0 Å². The molecule has 104 valence electrons. The summed E-state index contributed by atoms with van der Waals surface area (Å²) < 4.78 is 27.1. The molecule has 0 fully saturated rings. The summed E-state index contributed by atoms with van der Waals surface area (Å²) in [7, 11) is -3.56. The van der Waals surface area contributed by atoms with Crippen LogP contribution in [-0.4, -0.2) is 22.1 Å². The van der Waals surface area contributed by atoms with Crippen LogP contribution < -0.4 is 0 Å². The van der Waals surface area contributed by atoms with E-state index >= 15 is 0 Å². The molecule has 3 rings (SSSR count). The van der Waals surface area contributed by atoms with Crippen LogP contribution in [-0.2, 0) is 10.0 Å². The van der Waals surface area contributed by atoms with Crippen molar-refractivity contribution in [1.29, 1.82) is 0 Å². The van der Waals surface area contributed by atoms with Crippen molar-refractivity contribution in [2.24, 2.45) is 0 Å². The van der Waals surface area contributed by atoms with Crippen molar-refractivity contribution >= 4 is 37.0 Å². The predicted molar refractivity (Wildman–Crippen MR) is 83.2 cm³/mol. The highest BCUT2D eigenvalue weighted by molar-refractivity contribution is 9.11. The highest BCUT2D eigenvalue weighted by Gasteiger charge is 2.39. The third kappa shape index (κ3) is 1.94. The zero-order valence-corrected chi connectivity index (χ0v) is 13.2. The number of rotatable bonds is 2. The van der Waals surface area contributed by atoms with Crippen LogP contribution in [0, 0.1) is 0 Å². The standard InChI is InChI=1S/C14H13BrN2O2S/c1-14(7-2-4-11(15)10-14)20(18,19)17-9-6-12-13(17)5-3-8-16-12/h2-6,8-10H,7H2,1H3. The fourth-order valence-electron chi connectivity index (χ4n) is 2.36. The summed E-state index contributed by atoms with van der Waals surface area (Å²) >= 11 is 3.36. The fraction of sp³-hybridized carbons (Fsp3) is 0.214. The number of hydrogen-bond acceptors (Lipinski definition) is 3. The van der Waals surface area contributed by atoms with Crippen LogP contribution in [0.15, 0.2) is 53.3 Å². The Bertz CT molecular complexity index is 836. The SMILES string of the molecule is CC1(S(=O)(=O)n2ccc3ncccc32)C=C(Br)C=CC1. The molecule has 0 saturated heterocycles. The van der Waals surface area contributed by atoms with Crippen molar-refractivity contribution in [1.82, 2.24) is 8.96 Å². The van der Waals surface area contributed by atoms with Crippen LogP contribution >= 0.6 is 15.9 Å². The van der Waals surface area contributed by atoms with E-state index in [-0.39, 0.29) is 0 Å². The first-order valence-electron chi connectivity index (χ1n) is 6.16. The fourth-order valence-corrected chi connectivity index (χ4v) is 4.87. The molecule has 2 heterocycles. The molecule has 0 N–H and O–H groups in total. The normalized spacial score (nSPS) is 23.0. The lowest BCUT2D eigenvalue weighted by Gasteiger charge is -2.28. The minimum absolute atomic E-state index is 0.449. The maximum absolute atomic E-state index is 13.0. The van der Waals surface area contributed by atoms with Gasteiger partial charge in [0.2, 0.25) is 10.0 Å². The van der Waals surface area contributed by atoms with E-state index in [2.05, 4.69) is 20.9 Å². The Labute approximate surface area is 126 Å².